The summed E-state index contributed by atoms with van der Waals surface area (Å²) in [6.45, 7) is 7.87. The maximum absolute atomic E-state index is 13.3. The first-order valence-electron chi connectivity index (χ1n) is 8.67. The zero-order chi connectivity index (χ0) is 18.1. The number of hydrogen-bond donors (Lipinski definition) is 0. The number of nitrogens with zero attached hydrogens (tertiary/aromatic N) is 5. The second-order valence-electron chi connectivity index (χ2n) is 6.38. The third-order valence-electron chi connectivity index (χ3n) is 4.19. The summed E-state index contributed by atoms with van der Waals surface area (Å²) in [7, 11) is 4.07. The van der Waals surface area contributed by atoms with Crippen LogP contribution in [0.25, 0.3) is 16.0 Å². The molecule has 0 aliphatic carbocycles. The van der Waals surface area contributed by atoms with Crippen molar-refractivity contribution in [2.24, 2.45) is 0 Å². The normalized spacial score (nSPS) is 12.1. The van der Waals surface area contributed by atoms with Crippen molar-refractivity contribution in [3.63, 3.8) is 0 Å². The predicted molar refractivity (Wildman–Crippen MR) is 106 cm³/mol. The van der Waals surface area contributed by atoms with Crippen LogP contribution in [0.1, 0.15) is 30.7 Å². The van der Waals surface area contributed by atoms with Crippen molar-refractivity contribution in [1.29, 1.82) is 0 Å². The zero-order valence-electron chi connectivity index (χ0n) is 15.5. The van der Waals surface area contributed by atoms with E-state index in [4.69, 9.17) is 10.1 Å². The maximum atomic E-state index is 13.3. The SMILES string of the molecule is CCCSc1nn(CCN(C)C)c2nc3sc(C)c(CC)c3c(=O)n12. The monoisotopic (exact) mass is 379 g/mol. The van der Waals surface area contributed by atoms with Crippen LogP contribution in [0.4, 0.5) is 0 Å². The molecule has 0 aliphatic heterocycles. The van der Waals surface area contributed by atoms with Gasteiger partial charge in [-0.15, -0.1) is 16.4 Å². The Hall–Kier alpha value is -1.38. The summed E-state index contributed by atoms with van der Waals surface area (Å²) >= 11 is 3.24. The van der Waals surface area contributed by atoms with Crippen LogP contribution in [0, 0.1) is 6.92 Å². The Kier molecular flexibility index (Phi) is 5.50. The van der Waals surface area contributed by atoms with Crippen molar-refractivity contribution < 1.29 is 0 Å². The number of aromatic nitrogens is 4. The molecule has 3 heterocycles. The first-order chi connectivity index (χ1) is 12.0. The third kappa shape index (κ3) is 3.35. The maximum Gasteiger partial charge on any atom is 0.270 e. The van der Waals surface area contributed by atoms with Crippen LogP contribution >= 0.6 is 23.1 Å². The number of thiophene rings is 1. The molecule has 25 heavy (non-hydrogen) atoms. The molecule has 0 saturated heterocycles. The zero-order valence-corrected chi connectivity index (χ0v) is 17.1. The van der Waals surface area contributed by atoms with E-state index < -0.39 is 0 Å². The van der Waals surface area contributed by atoms with Crippen LogP contribution in [0.5, 0.6) is 0 Å². The Labute approximate surface area is 155 Å². The molecule has 0 saturated carbocycles. The van der Waals surface area contributed by atoms with Crippen LogP contribution < -0.4 is 5.56 Å². The Morgan fingerprint density at radius 1 is 1.28 bits per heavy atom. The summed E-state index contributed by atoms with van der Waals surface area (Å²) in [5.41, 5.74) is 1.15. The third-order valence-corrected chi connectivity index (χ3v) is 6.36. The fraction of sp³-hybridized carbons (Fsp3) is 0.588. The Morgan fingerprint density at radius 3 is 2.68 bits per heavy atom. The van der Waals surface area contributed by atoms with E-state index in [2.05, 4.69) is 25.7 Å². The summed E-state index contributed by atoms with van der Waals surface area (Å²) in [5.74, 6) is 1.59. The highest BCUT2D eigenvalue weighted by Crippen LogP contribution is 2.29. The van der Waals surface area contributed by atoms with Crippen LogP contribution in [-0.4, -0.2) is 50.5 Å². The molecular weight excluding hydrogens is 354 g/mol. The van der Waals surface area contributed by atoms with Gasteiger partial charge in [0.2, 0.25) is 5.78 Å². The minimum Gasteiger partial charge on any atom is -0.308 e. The topological polar surface area (TPSA) is 55.4 Å². The molecule has 0 N–H and O–H groups in total. The Balaban J connectivity index is 2.26. The van der Waals surface area contributed by atoms with Gasteiger partial charge in [-0.05, 0) is 39.4 Å². The molecule has 0 bridgehead atoms. The van der Waals surface area contributed by atoms with E-state index in [0.29, 0.717) is 12.3 Å². The molecule has 3 aromatic heterocycles. The standard InChI is InChI=1S/C17H25N5OS2/c1-6-10-24-17-19-21(9-8-20(4)5)16-18-14-13(15(23)22(16)17)12(7-2)11(3)25-14/h6-10H2,1-5H3. The fourth-order valence-electron chi connectivity index (χ4n) is 2.90. The number of aryl methyl sites for hydroxylation is 2. The van der Waals surface area contributed by atoms with Gasteiger partial charge >= 0.3 is 0 Å². The van der Waals surface area contributed by atoms with Crippen molar-refractivity contribution in [2.45, 2.75) is 45.3 Å². The first kappa shape index (κ1) is 18.4. The molecule has 0 aromatic carbocycles. The van der Waals surface area contributed by atoms with Crippen LogP contribution in [0.15, 0.2) is 9.95 Å². The van der Waals surface area contributed by atoms with Gasteiger partial charge < -0.3 is 4.90 Å². The van der Waals surface area contributed by atoms with Crippen molar-refractivity contribution in [3.8, 4) is 0 Å². The molecule has 3 rings (SSSR count). The Morgan fingerprint density at radius 2 is 2.04 bits per heavy atom. The van der Waals surface area contributed by atoms with Crippen molar-refractivity contribution in [3.05, 3.63) is 20.8 Å². The van der Waals surface area contributed by atoms with Crippen molar-refractivity contribution >= 4 is 39.1 Å². The lowest BCUT2D eigenvalue weighted by Crippen LogP contribution is -2.20. The van der Waals surface area contributed by atoms with Gasteiger partial charge in [0.25, 0.3) is 5.56 Å². The van der Waals surface area contributed by atoms with Gasteiger partial charge in [-0.1, -0.05) is 25.6 Å². The van der Waals surface area contributed by atoms with E-state index in [9.17, 15) is 4.79 Å². The summed E-state index contributed by atoms with van der Waals surface area (Å²) in [6, 6.07) is 0. The molecule has 0 aliphatic rings. The molecule has 0 amide bonds. The second-order valence-corrected chi connectivity index (χ2v) is 8.65. The van der Waals surface area contributed by atoms with Gasteiger partial charge in [-0.25, -0.2) is 14.1 Å². The van der Waals surface area contributed by atoms with Gasteiger partial charge in [0.15, 0.2) is 5.16 Å². The lowest BCUT2D eigenvalue weighted by atomic mass is 10.1. The van der Waals surface area contributed by atoms with Crippen LogP contribution in [0.3, 0.4) is 0 Å². The van der Waals surface area contributed by atoms with E-state index in [-0.39, 0.29) is 5.56 Å². The average molecular weight is 380 g/mol. The van der Waals surface area contributed by atoms with Gasteiger partial charge in [-0.2, -0.15) is 0 Å². The highest BCUT2D eigenvalue weighted by Gasteiger charge is 2.20. The smallest absolute Gasteiger partial charge is 0.270 e. The molecular formula is C17H25N5OS2. The van der Waals surface area contributed by atoms with E-state index in [1.165, 1.54) is 4.88 Å². The number of hydrogen-bond acceptors (Lipinski definition) is 6. The van der Waals surface area contributed by atoms with Gasteiger partial charge in [0.1, 0.15) is 4.83 Å². The fourth-order valence-corrected chi connectivity index (χ4v) is 4.84. The highest BCUT2D eigenvalue weighted by atomic mass is 32.2. The molecule has 0 fully saturated rings. The minimum absolute atomic E-state index is 0.0240. The first-order valence-corrected chi connectivity index (χ1v) is 10.5. The predicted octanol–water partition coefficient (Wildman–Crippen LogP) is 3.04. The lowest BCUT2D eigenvalue weighted by Gasteiger charge is -2.08. The minimum atomic E-state index is 0.0240. The summed E-state index contributed by atoms with van der Waals surface area (Å²) in [5, 5.41) is 6.22. The highest BCUT2D eigenvalue weighted by molar-refractivity contribution is 7.99. The molecule has 136 valence electrons. The van der Waals surface area contributed by atoms with Crippen LogP contribution in [0.2, 0.25) is 0 Å². The van der Waals surface area contributed by atoms with E-state index in [0.717, 1.165) is 46.1 Å². The van der Waals surface area contributed by atoms with Crippen molar-refractivity contribution in [2.75, 3.05) is 26.4 Å². The molecule has 3 aromatic rings. The van der Waals surface area contributed by atoms with Gasteiger partial charge in [0, 0.05) is 17.2 Å². The largest absolute Gasteiger partial charge is 0.308 e. The molecule has 0 atom stereocenters. The number of thioether (sulfide) groups is 1. The summed E-state index contributed by atoms with van der Waals surface area (Å²) in [6.07, 6.45) is 1.89. The van der Waals surface area contributed by atoms with Gasteiger partial charge in [-0.3, -0.25) is 4.79 Å². The summed E-state index contributed by atoms with van der Waals surface area (Å²) in [4.78, 5) is 22.2. The molecule has 0 radical (unpaired) electrons. The van der Waals surface area contributed by atoms with E-state index in [1.54, 1.807) is 27.5 Å². The molecule has 8 heteroatoms. The second kappa shape index (κ2) is 7.47. The molecule has 0 unspecified atom stereocenters. The quantitative estimate of drug-likeness (QED) is 0.591. The summed E-state index contributed by atoms with van der Waals surface area (Å²) < 4.78 is 3.59. The molecule has 0 spiro atoms. The Bertz CT molecular complexity index is 954. The van der Waals surface area contributed by atoms with Gasteiger partial charge in [0.05, 0.1) is 11.9 Å². The number of rotatable bonds is 7. The van der Waals surface area contributed by atoms with E-state index in [1.807, 2.05) is 18.8 Å². The molecule has 6 nitrogen and oxygen atoms in total. The van der Waals surface area contributed by atoms with Crippen LogP contribution in [-0.2, 0) is 13.0 Å². The number of fused-ring (bicyclic) bond motifs is 2. The average Bonchev–Trinajstić information content (AvgIpc) is 3.08. The number of likely N-dealkylation sites (N-methyl/N-ethyl adjacent to an activating group) is 1. The lowest BCUT2D eigenvalue weighted by molar-refractivity contribution is 0.374. The van der Waals surface area contributed by atoms with Crippen molar-refractivity contribution in [1.82, 2.24) is 24.1 Å². The van der Waals surface area contributed by atoms with E-state index >= 15 is 0 Å².